The van der Waals surface area contributed by atoms with E-state index in [1.165, 1.54) is 0 Å². The van der Waals surface area contributed by atoms with Gasteiger partial charge in [-0.3, -0.25) is 5.11 Å². The van der Waals surface area contributed by atoms with Crippen LogP contribution in [0.25, 0.3) is 0 Å². The first-order valence-electron chi connectivity index (χ1n) is 4.92. The van der Waals surface area contributed by atoms with Gasteiger partial charge in [-0.2, -0.15) is 0 Å². The summed E-state index contributed by atoms with van der Waals surface area (Å²) in [6.45, 7) is 6.14. The van der Waals surface area contributed by atoms with Crippen molar-refractivity contribution in [2.24, 2.45) is 0 Å². The fourth-order valence-electron chi connectivity index (χ4n) is 1.63. The first-order chi connectivity index (χ1) is 6.15. The van der Waals surface area contributed by atoms with Crippen molar-refractivity contribution in [1.29, 1.82) is 0 Å². The van der Waals surface area contributed by atoms with E-state index in [4.69, 9.17) is 0 Å². The third-order valence-corrected chi connectivity index (χ3v) is 2.36. The van der Waals surface area contributed by atoms with E-state index in [-0.39, 0.29) is 5.75 Å². The largest absolute Gasteiger partial charge is 0.290 e. The van der Waals surface area contributed by atoms with Crippen molar-refractivity contribution < 1.29 is 5.11 Å². The Morgan fingerprint density at radius 3 is 2.46 bits per heavy atom. The highest BCUT2D eigenvalue weighted by molar-refractivity contribution is 5.41. The Kier molecular flexibility index (Phi) is 3.35. The number of rotatable bonds is 3. The van der Waals surface area contributed by atoms with Crippen LogP contribution in [-0.4, -0.2) is 0 Å². The molecule has 0 heterocycles. The summed E-state index contributed by atoms with van der Waals surface area (Å²) in [6.07, 6.45) is 3.19. The standard InChI is InChI=1S/C12H17O/c1-4-5-6-11-10(3)7-9(2)8-12(11)13/h7-8H,4-6H2,1-3H3. The van der Waals surface area contributed by atoms with Crippen molar-refractivity contribution in [2.75, 3.05) is 0 Å². The van der Waals surface area contributed by atoms with Crippen molar-refractivity contribution in [3.8, 4) is 5.75 Å². The summed E-state index contributed by atoms with van der Waals surface area (Å²) in [5, 5.41) is 11.6. The molecule has 0 bridgehead atoms. The van der Waals surface area contributed by atoms with E-state index >= 15 is 0 Å². The Morgan fingerprint density at radius 1 is 1.23 bits per heavy atom. The topological polar surface area (TPSA) is 19.9 Å². The van der Waals surface area contributed by atoms with Gasteiger partial charge in [0.25, 0.3) is 0 Å². The molecular formula is C12H17O. The SMILES string of the molecule is CCCCc1c(C)cc(C)cc1[O]. The highest BCUT2D eigenvalue weighted by atomic mass is 16.3. The van der Waals surface area contributed by atoms with Crippen LogP contribution >= 0.6 is 0 Å². The van der Waals surface area contributed by atoms with Crippen LogP contribution in [-0.2, 0) is 11.5 Å². The van der Waals surface area contributed by atoms with Crippen molar-refractivity contribution in [1.82, 2.24) is 0 Å². The van der Waals surface area contributed by atoms with Crippen LogP contribution in [0.5, 0.6) is 5.75 Å². The molecule has 1 aromatic carbocycles. The summed E-state index contributed by atoms with van der Waals surface area (Å²) in [7, 11) is 0. The van der Waals surface area contributed by atoms with E-state index in [0.717, 1.165) is 36.0 Å². The molecule has 0 spiro atoms. The van der Waals surface area contributed by atoms with Crippen LogP contribution in [0.2, 0.25) is 0 Å². The number of unbranched alkanes of at least 4 members (excludes halogenated alkanes) is 1. The van der Waals surface area contributed by atoms with E-state index < -0.39 is 0 Å². The maximum Gasteiger partial charge on any atom is 0.182 e. The van der Waals surface area contributed by atoms with Gasteiger partial charge in [0.05, 0.1) is 0 Å². The Bertz CT molecular complexity index is 266. The summed E-state index contributed by atoms with van der Waals surface area (Å²) in [5.74, 6) is 0.214. The van der Waals surface area contributed by atoms with Gasteiger partial charge in [0, 0.05) is 5.56 Å². The second-order valence-corrected chi connectivity index (χ2v) is 3.66. The lowest BCUT2D eigenvalue weighted by Gasteiger charge is -2.06. The van der Waals surface area contributed by atoms with Gasteiger partial charge in [0.2, 0.25) is 0 Å². The molecule has 1 radical (unpaired) electrons. The maximum absolute atomic E-state index is 11.6. The second kappa shape index (κ2) is 4.31. The Balaban J connectivity index is 2.92. The molecule has 1 nitrogen and oxygen atoms in total. The molecule has 0 fully saturated rings. The molecule has 0 unspecified atom stereocenters. The predicted octanol–water partition coefficient (Wildman–Crippen LogP) is 3.79. The molecule has 0 aliphatic rings. The van der Waals surface area contributed by atoms with E-state index in [9.17, 15) is 5.11 Å². The summed E-state index contributed by atoms with van der Waals surface area (Å²) in [6, 6.07) is 3.82. The van der Waals surface area contributed by atoms with Gasteiger partial charge in [-0.15, -0.1) is 0 Å². The molecular weight excluding hydrogens is 160 g/mol. The van der Waals surface area contributed by atoms with Crippen LogP contribution in [0.15, 0.2) is 12.1 Å². The second-order valence-electron chi connectivity index (χ2n) is 3.66. The zero-order chi connectivity index (χ0) is 9.84. The number of hydrogen-bond acceptors (Lipinski definition) is 0. The van der Waals surface area contributed by atoms with E-state index in [1.807, 2.05) is 13.8 Å². The molecule has 1 rings (SSSR count). The van der Waals surface area contributed by atoms with Gasteiger partial charge in [0.15, 0.2) is 5.75 Å². The van der Waals surface area contributed by atoms with E-state index in [0.29, 0.717) is 0 Å². The predicted molar refractivity (Wildman–Crippen MR) is 54.7 cm³/mol. The fraction of sp³-hybridized carbons (Fsp3) is 0.500. The number of hydrogen-bond donors (Lipinski definition) is 0. The van der Waals surface area contributed by atoms with Gasteiger partial charge in [-0.25, -0.2) is 0 Å². The number of aryl methyl sites for hydroxylation is 2. The highest BCUT2D eigenvalue weighted by Crippen LogP contribution is 2.25. The lowest BCUT2D eigenvalue weighted by Crippen LogP contribution is -1.91. The highest BCUT2D eigenvalue weighted by Gasteiger charge is 2.06. The molecule has 0 aliphatic heterocycles. The molecule has 0 amide bonds. The lowest BCUT2D eigenvalue weighted by atomic mass is 10.00. The van der Waals surface area contributed by atoms with Gasteiger partial charge >= 0.3 is 0 Å². The molecule has 1 heteroatoms. The van der Waals surface area contributed by atoms with Crippen LogP contribution in [0.1, 0.15) is 36.5 Å². The van der Waals surface area contributed by atoms with Crippen molar-refractivity contribution >= 4 is 0 Å². The summed E-state index contributed by atoms with van der Waals surface area (Å²) < 4.78 is 0. The zero-order valence-corrected chi connectivity index (χ0v) is 8.68. The lowest BCUT2D eigenvalue weighted by molar-refractivity contribution is 0.348. The third kappa shape index (κ3) is 2.48. The maximum atomic E-state index is 11.6. The van der Waals surface area contributed by atoms with Crippen molar-refractivity contribution in [2.45, 2.75) is 40.0 Å². The fourth-order valence-corrected chi connectivity index (χ4v) is 1.63. The van der Waals surface area contributed by atoms with Crippen LogP contribution in [0, 0.1) is 13.8 Å². The molecule has 13 heavy (non-hydrogen) atoms. The smallest absolute Gasteiger partial charge is 0.182 e. The first kappa shape index (κ1) is 10.1. The van der Waals surface area contributed by atoms with Gasteiger partial charge in [-0.05, 0) is 43.9 Å². The molecule has 0 saturated carbocycles. The molecule has 0 atom stereocenters. The molecule has 71 valence electrons. The van der Waals surface area contributed by atoms with E-state index in [2.05, 4.69) is 13.0 Å². The van der Waals surface area contributed by atoms with Gasteiger partial charge < -0.3 is 0 Å². The van der Waals surface area contributed by atoms with Crippen LogP contribution < -0.4 is 0 Å². The minimum atomic E-state index is 0.214. The Labute approximate surface area is 80.4 Å². The van der Waals surface area contributed by atoms with Gasteiger partial charge in [-0.1, -0.05) is 19.4 Å². The monoisotopic (exact) mass is 177 g/mol. The van der Waals surface area contributed by atoms with Crippen LogP contribution in [0.3, 0.4) is 0 Å². The average Bonchev–Trinajstić information content (AvgIpc) is 2.02. The molecule has 0 N–H and O–H groups in total. The summed E-state index contributed by atoms with van der Waals surface area (Å²) >= 11 is 0. The van der Waals surface area contributed by atoms with Crippen LogP contribution in [0.4, 0.5) is 0 Å². The Hall–Kier alpha value is -0.980. The third-order valence-electron chi connectivity index (χ3n) is 2.36. The minimum Gasteiger partial charge on any atom is -0.290 e. The number of benzene rings is 1. The summed E-state index contributed by atoms with van der Waals surface area (Å²) in [4.78, 5) is 0. The molecule has 0 saturated heterocycles. The van der Waals surface area contributed by atoms with Crippen molar-refractivity contribution in [3.05, 3.63) is 28.8 Å². The first-order valence-corrected chi connectivity index (χ1v) is 4.92. The zero-order valence-electron chi connectivity index (χ0n) is 8.68. The molecule has 0 aromatic heterocycles. The van der Waals surface area contributed by atoms with E-state index in [1.54, 1.807) is 6.07 Å². The Morgan fingerprint density at radius 2 is 1.92 bits per heavy atom. The average molecular weight is 177 g/mol. The molecule has 1 aromatic rings. The minimum absolute atomic E-state index is 0.214. The summed E-state index contributed by atoms with van der Waals surface area (Å²) in [5.41, 5.74) is 3.23. The van der Waals surface area contributed by atoms with Crippen molar-refractivity contribution in [3.63, 3.8) is 0 Å². The molecule has 0 aliphatic carbocycles. The quantitative estimate of drug-likeness (QED) is 0.669. The normalized spacial score (nSPS) is 10.4. The van der Waals surface area contributed by atoms with Gasteiger partial charge in [0.1, 0.15) is 0 Å².